The molecule has 0 saturated carbocycles. The van der Waals surface area contributed by atoms with E-state index in [0.29, 0.717) is 6.04 Å². The van der Waals surface area contributed by atoms with Gasteiger partial charge < -0.3 is 15.3 Å². The van der Waals surface area contributed by atoms with E-state index in [4.69, 9.17) is 0 Å². The highest BCUT2D eigenvalue weighted by molar-refractivity contribution is 5.46. The topological polar surface area (TPSA) is 35.5 Å². The summed E-state index contributed by atoms with van der Waals surface area (Å²) in [7, 11) is 0. The summed E-state index contributed by atoms with van der Waals surface area (Å²) < 4.78 is 13.4. The van der Waals surface area contributed by atoms with Gasteiger partial charge in [-0.2, -0.15) is 0 Å². The maximum Gasteiger partial charge on any atom is 0.125 e. The second-order valence-electron chi connectivity index (χ2n) is 6.53. The van der Waals surface area contributed by atoms with Crippen molar-refractivity contribution in [3.63, 3.8) is 0 Å². The van der Waals surface area contributed by atoms with Crippen molar-refractivity contribution < 1.29 is 9.50 Å². The van der Waals surface area contributed by atoms with Gasteiger partial charge in [0.15, 0.2) is 0 Å². The summed E-state index contributed by atoms with van der Waals surface area (Å²) in [6, 6.07) is 15.6. The Morgan fingerprint density at radius 1 is 1.17 bits per heavy atom. The molecule has 0 amide bonds. The number of hydrogen-bond acceptors (Lipinski definition) is 3. The first-order valence-corrected chi connectivity index (χ1v) is 8.62. The first kappa shape index (κ1) is 16.9. The van der Waals surface area contributed by atoms with E-state index in [-0.39, 0.29) is 18.5 Å². The quantitative estimate of drug-likeness (QED) is 0.880. The van der Waals surface area contributed by atoms with E-state index in [1.165, 1.54) is 11.6 Å². The third kappa shape index (κ3) is 4.13. The van der Waals surface area contributed by atoms with Crippen LogP contribution in [-0.2, 0) is 6.61 Å². The molecule has 1 unspecified atom stereocenters. The van der Waals surface area contributed by atoms with Gasteiger partial charge in [-0.3, -0.25) is 0 Å². The summed E-state index contributed by atoms with van der Waals surface area (Å²) >= 11 is 0. The number of anilines is 1. The zero-order chi connectivity index (χ0) is 16.9. The van der Waals surface area contributed by atoms with Crippen LogP contribution < -0.4 is 10.2 Å². The van der Waals surface area contributed by atoms with Crippen molar-refractivity contribution in [2.75, 3.05) is 18.0 Å². The highest BCUT2D eigenvalue weighted by Crippen LogP contribution is 2.23. The van der Waals surface area contributed by atoms with E-state index in [1.807, 2.05) is 18.2 Å². The van der Waals surface area contributed by atoms with Crippen LogP contribution in [0.4, 0.5) is 10.1 Å². The average Bonchev–Trinajstić information content (AvgIpc) is 2.62. The van der Waals surface area contributed by atoms with E-state index in [1.54, 1.807) is 12.1 Å². The molecule has 4 heteroatoms. The minimum atomic E-state index is -0.176. The molecule has 2 aromatic rings. The maximum atomic E-state index is 13.4. The monoisotopic (exact) mass is 328 g/mol. The standard InChI is InChI=1S/C20H25FN2O/c1-15(17-5-2-4-16(12-17)14-24)22-19-8-10-23(11-9-19)20-7-3-6-18(21)13-20/h2-7,12-13,15,19,22,24H,8-11,14H2,1H3. The van der Waals surface area contributed by atoms with Crippen molar-refractivity contribution >= 4 is 5.69 Å². The van der Waals surface area contributed by atoms with Gasteiger partial charge >= 0.3 is 0 Å². The van der Waals surface area contributed by atoms with Crippen LogP contribution >= 0.6 is 0 Å². The molecule has 1 fully saturated rings. The van der Waals surface area contributed by atoms with Crippen LogP contribution in [-0.4, -0.2) is 24.2 Å². The first-order chi connectivity index (χ1) is 11.7. The second kappa shape index (κ2) is 7.77. The van der Waals surface area contributed by atoms with Crippen molar-refractivity contribution in [3.05, 3.63) is 65.5 Å². The fraction of sp³-hybridized carbons (Fsp3) is 0.400. The van der Waals surface area contributed by atoms with Crippen molar-refractivity contribution in [1.29, 1.82) is 0 Å². The largest absolute Gasteiger partial charge is 0.392 e. The van der Waals surface area contributed by atoms with Crippen molar-refractivity contribution in [2.24, 2.45) is 0 Å². The van der Waals surface area contributed by atoms with E-state index < -0.39 is 0 Å². The Labute approximate surface area is 143 Å². The van der Waals surface area contributed by atoms with Crippen molar-refractivity contribution in [3.8, 4) is 0 Å². The molecule has 0 aliphatic carbocycles. The molecular formula is C20H25FN2O. The Morgan fingerprint density at radius 3 is 2.62 bits per heavy atom. The molecule has 1 aliphatic rings. The average molecular weight is 328 g/mol. The number of aliphatic hydroxyl groups is 1. The normalized spacial score (nSPS) is 17.0. The van der Waals surface area contributed by atoms with Crippen LogP contribution in [0.5, 0.6) is 0 Å². The van der Waals surface area contributed by atoms with Crippen molar-refractivity contribution in [2.45, 2.75) is 38.5 Å². The predicted octanol–water partition coefficient (Wildman–Crippen LogP) is 3.64. The molecule has 1 aliphatic heterocycles. The number of piperidine rings is 1. The van der Waals surface area contributed by atoms with Crippen molar-refractivity contribution in [1.82, 2.24) is 5.32 Å². The number of benzene rings is 2. The van der Waals surface area contributed by atoms with Gasteiger partial charge in [-0.15, -0.1) is 0 Å². The van der Waals surface area contributed by atoms with Gasteiger partial charge in [0.25, 0.3) is 0 Å². The summed E-state index contributed by atoms with van der Waals surface area (Å²) in [6.45, 7) is 4.11. The molecule has 0 aromatic heterocycles. The second-order valence-corrected chi connectivity index (χ2v) is 6.53. The molecule has 2 N–H and O–H groups in total. The molecule has 3 nitrogen and oxygen atoms in total. The molecule has 2 aromatic carbocycles. The summed E-state index contributed by atoms with van der Waals surface area (Å²) in [4.78, 5) is 2.25. The number of halogens is 1. The SMILES string of the molecule is CC(NC1CCN(c2cccc(F)c2)CC1)c1cccc(CO)c1. The molecule has 128 valence electrons. The third-order valence-electron chi connectivity index (χ3n) is 4.79. The van der Waals surface area contributed by atoms with Crippen LogP contribution in [0.15, 0.2) is 48.5 Å². The lowest BCUT2D eigenvalue weighted by Crippen LogP contribution is -2.43. The molecule has 0 radical (unpaired) electrons. The van der Waals surface area contributed by atoms with Gasteiger partial charge in [0.05, 0.1) is 6.61 Å². The van der Waals surface area contributed by atoms with E-state index >= 15 is 0 Å². The Morgan fingerprint density at radius 2 is 1.92 bits per heavy atom. The highest BCUT2D eigenvalue weighted by Gasteiger charge is 2.21. The molecule has 0 bridgehead atoms. The number of hydrogen-bond donors (Lipinski definition) is 2. The van der Waals surface area contributed by atoms with Crippen LogP contribution in [0.1, 0.15) is 36.9 Å². The number of nitrogens with zero attached hydrogens (tertiary/aromatic N) is 1. The van der Waals surface area contributed by atoms with Gasteiger partial charge in [0, 0.05) is 30.9 Å². The Hall–Kier alpha value is -1.91. The number of nitrogens with one attached hydrogen (secondary N) is 1. The van der Waals surface area contributed by atoms with Crippen LogP contribution in [0.25, 0.3) is 0 Å². The van der Waals surface area contributed by atoms with E-state index in [2.05, 4.69) is 29.3 Å². The molecule has 1 saturated heterocycles. The molecule has 1 atom stereocenters. The third-order valence-corrected chi connectivity index (χ3v) is 4.79. The molecule has 0 spiro atoms. The fourth-order valence-corrected chi connectivity index (χ4v) is 3.39. The summed E-state index contributed by atoms with van der Waals surface area (Å²) in [5.74, 6) is -0.176. The minimum absolute atomic E-state index is 0.0760. The molecule has 3 rings (SSSR count). The van der Waals surface area contributed by atoms with E-state index in [9.17, 15) is 9.50 Å². The Balaban J connectivity index is 1.55. The van der Waals surface area contributed by atoms with E-state index in [0.717, 1.165) is 37.2 Å². The van der Waals surface area contributed by atoms with Gasteiger partial charge in [0.1, 0.15) is 5.82 Å². The number of rotatable bonds is 5. The Kier molecular flexibility index (Phi) is 5.48. The van der Waals surface area contributed by atoms with Crippen LogP contribution in [0.3, 0.4) is 0 Å². The van der Waals surface area contributed by atoms with Gasteiger partial charge in [0.2, 0.25) is 0 Å². The molecule has 24 heavy (non-hydrogen) atoms. The summed E-state index contributed by atoms with van der Waals surface area (Å²) in [5, 5.41) is 13.0. The first-order valence-electron chi connectivity index (χ1n) is 8.62. The fourth-order valence-electron chi connectivity index (χ4n) is 3.39. The zero-order valence-corrected chi connectivity index (χ0v) is 14.1. The lowest BCUT2D eigenvalue weighted by molar-refractivity contribution is 0.281. The van der Waals surface area contributed by atoms with Crippen LogP contribution in [0, 0.1) is 5.82 Å². The summed E-state index contributed by atoms with van der Waals surface area (Å²) in [6.07, 6.45) is 2.08. The minimum Gasteiger partial charge on any atom is -0.392 e. The van der Waals surface area contributed by atoms with Gasteiger partial charge in [-0.25, -0.2) is 4.39 Å². The predicted molar refractivity (Wildman–Crippen MR) is 95.6 cm³/mol. The number of aliphatic hydroxyl groups excluding tert-OH is 1. The molecular weight excluding hydrogens is 303 g/mol. The zero-order valence-electron chi connectivity index (χ0n) is 14.1. The van der Waals surface area contributed by atoms with Gasteiger partial charge in [-0.1, -0.05) is 30.3 Å². The Bertz CT molecular complexity index is 668. The van der Waals surface area contributed by atoms with Crippen LogP contribution in [0.2, 0.25) is 0 Å². The lowest BCUT2D eigenvalue weighted by atomic mass is 10.00. The van der Waals surface area contributed by atoms with Gasteiger partial charge in [-0.05, 0) is 49.1 Å². The maximum absolute atomic E-state index is 13.4. The highest BCUT2D eigenvalue weighted by atomic mass is 19.1. The summed E-state index contributed by atoms with van der Waals surface area (Å²) in [5.41, 5.74) is 3.12. The lowest BCUT2D eigenvalue weighted by Gasteiger charge is -2.35. The smallest absolute Gasteiger partial charge is 0.125 e. The molecule has 1 heterocycles.